The molecule has 2 rings (SSSR count). The summed E-state index contributed by atoms with van der Waals surface area (Å²) in [5.41, 5.74) is 0.484. The summed E-state index contributed by atoms with van der Waals surface area (Å²) in [6, 6.07) is 12.4. The molecular formula is C18H14N2O6-2. The Balaban J connectivity index is 2.19. The molecule has 134 valence electrons. The summed E-state index contributed by atoms with van der Waals surface area (Å²) in [4.78, 5) is 46.1. The van der Waals surface area contributed by atoms with Crippen molar-refractivity contribution in [3.63, 3.8) is 0 Å². The van der Waals surface area contributed by atoms with Crippen molar-refractivity contribution in [3.05, 3.63) is 65.7 Å². The molecule has 8 heteroatoms. The maximum absolute atomic E-state index is 12.3. The molecule has 1 atom stereocenters. The molecular weight excluding hydrogens is 340 g/mol. The van der Waals surface area contributed by atoms with Crippen molar-refractivity contribution >= 4 is 29.4 Å². The fraction of sp³-hybridized carbons (Fsp3) is 0.111. The standard InChI is InChI=1S/C18H16N2O6/c21-15(22)10-14(18(25)26)20-17(24)12-8-4-5-9-13(12)19-16(23)11-6-2-1-3-7-11/h1-9,14H,10H2,(H,19,23)(H,20,24)(H,21,22)(H,25,26)/p-2/t14-/m1/s1. The summed E-state index contributed by atoms with van der Waals surface area (Å²) >= 11 is 0. The second kappa shape index (κ2) is 8.43. The lowest BCUT2D eigenvalue weighted by atomic mass is 10.1. The summed E-state index contributed by atoms with van der Waals surface area (Å²) in [6.07, 6.45) is -0.938. The molecule has 0 aliphatic rings. The number of hydrogen-bond donors (Lipinski definition) is 2. The van der Waals surface area contributed by atoms with Crippen molar-refractivity contribution < 1.29 is 29.4 Å². The number of carbonyl (C=O) groups is 4. The molecule has 0 aromatic heterocycles. The van der Waals surface area contributed by atoms with Crippen LogP contribution in [0.2, 0.25) is 0 Å². The van der Waals surface area contributed by atoms with Crippen molar-refractivity contribution in [1.82, 2.24) is 5.32 Å². The summed E-state index contributed by atoms with van der Waals surface area (Å²) in [6.45, 7) is 0. The molecule has 0 radical (unpaired) electrons. The van der Waals surface area contributed by atoms with Crippen LogP contribution in [0.4, 0.5) is 5.69 Å². The van der Waals surface area contributed by atoms with Gasteiger partial charge in [-0.3, -0.25) is 9.59 Å². The highest BCUT2D eigenvalue weighted by Crippen LogP contribution is 2.16. The Labute approximate surface area is 148 Å². The van der Waals surface area contributed by atoms with E-state index in [1.165, 1.54) is 18.2 Å². The van der Waals surface area contributed by atoms with Crippen LogP contribution in [0.3, 0.4) is 0 Å². The molecule has 0 heterocycles. The number of amides is 2. The van der Waals surface area contributed by atoms with E-state index in [-0.39, 0.29) is 11.3 Å². The molecule has 0 saturated carbocycles. The smallest absolute Gasteiger partial charge is 0.255 e. The number of anilines is 1. The Hall–Kier alpha value is -3.68. The lowest BCUT2D eigenvalue weighted by molar-refractivity contribution is -0.317. The number of nitrogens with one attached hydrogen (secondary N) is 2. The van der Waals surface area contributed by atoms with Crippen molar-refractivity contribution in [3.8, 4) is 0 Å². The van der Waals surface area contributed by atoms with Crippen LogP contribution in [-0.2, 0) is 9.59 Å². The number of carboxylic acids is 2. The Morgan fingerprint density at radius 2 is 1.46 bits per heavy atom. The van der Waals surface area contributed by atoms with Gasteiger partial charge in [0.1, 0.15) is 0 Å². The van der Waals surface area contributed by atoms with Crippen LogP contribution in [0, 0.1) is 0 Å². The quantitative estimate of drug-likeness (QED) is 0.649. The zero-order valence-electron chi connectivity index (χ0n) is 13.4. The van der Waals surface area contributed by atoms with Crippen LogP contribution < -0.4 is 20.8 Å². The van der Waals surface area contributed by atoms with Gasteiger partial charge in [-0.05, 0) is 24.3 Å². The lowest BCUT2D eigenvalue weighted by Crippen LogP contribution is -2.50. The van der Waals surface area contributed by atoms with Crippen molar-refractivity contribution in [2.45, 2.75) is 12.5 Å². The van der Waals surface area contributed by atoms with Gasteiger partial charge < -0.3 is 30.4 Å². The normalized spacial score (nSPS) is 11.2. The molecule has 0 unspecified atom stereocenters. The molecule has 8 nitrogen and oxygen atoms in total. The van der Waals surface area contributed by atoms with Crippen LogP contribution >= 0.6 is 0 Å². The van der Waals surface area contributed by atoms with E-state index in [1.54, 1.807) is 36.4 Å². The third-order valence-electron chi connectivity index (χ3n) is 3.42. The van der Waals surface area contributed by atoms with E-state index in [1.807, 2.05) is 5.32 Å². The van der Waals surface area contributed by atoms with Gasteiger partial charge in [-0.15, -0.1) is 0 Å². The lowest BCUT2D eigenvalue weighted by Gasteiger charge is -2.21. The highest BCUT2D eigenvalue weighted by atomic mass is 16.4. The second-order valence-electron chi connectivity index (χ2n) is 5.29. The minimum atomic E-state index is -1.76. The molecule has 2 amide bonds. The van der Waals surface area contributed by atoms with Crippen LogP contribution in [-0.4, -0.2) is 29.8 Å². The van der Waals surface area contributed by atoms with Crippen molar-refractivity contribution in [1.29, 1.82) is 0 Å². The fourth-order valence-electron chi connectivity index (χ4n) is 2.17. The molecule has 2 N–H and O–H groups in total. The monoisotopic (exact) mass is 354 g/mol. The van der Waals surface area contributed by atoms with Crippen LogP contribution in [0.5, 0.6) is 0 Å². The van der Waals surface area contributed by atoms with Gasteiger partial charge in [0.05, 0.1) is 23.3 Å². The summed E-state index contributed by atoms with van der Waals surface area (Å²) in [5, 5.41) is 26.2. The van der Waals surface area contributed by atoms with E-state index in [0.29, 0.717) is 5.56 Å². The Morgan fingerprint density at radius 1 is 0.846 bits per heavy atom. The highest BCUT2D eigenvalue weighted by Gasteiger charge is 2.18. The van der Waals surface area contributed by atoms with E-state index in [2.05, 4.69) is 5.32 Å². The minimum absolute atomic E-state index is 0.0265. The Morgan fingerprint density at radius 3 is 2.08 bits per heavy atom. The minimum Gasteiger partial charge on any atom is -0.550 e. The van der Waals surface area contributed by atoms with Gasteiger partial charge >= 0.3 is 0 Å². The number of carbonyl (C=O) groups excluding carboxylic acids is 4. The zero-order chi connectivity index (χ0) is 19.1. The van der Waals surface area contributed by atoms with Gasteiger partial charge in [0.25, 0.3) is 11.8 Å². The molecule has 0 aliphatic carbocycles. The first kappa shape index (κ1) is 18.7. The van der Waals surface area contributed by atoms with E-state index in [0.717, 1.165) is 0 Å². The Kier molecular flexibility index (Phi) is 6.05. The van der Waals surface area contributed by atoms with Crippen LogP contribution in [0.25, 0.3) is 0 Å². The van der Waals surface area contributed by atoms with Gasteiger partial charge in [0.2, 0.25) is 0 Å². The topological polar surface area (TPSA) is 138 Å². The van der Waals surface area contributed by atoms with E-state index in [9.17, 15) is 29.4 Å². The van der Waals surface area contributed by atoms with E-state index < -0.39 is 36.2 Å². The third kappa shape index (κ3) is 4.91. The average Bonchev–Trinajstić information content (AvgIpc) is 2.61. The molecule has 0 aliphatic heterocycles. The molecule has 0 fully saturated rings. The number of rotatable bonds is 7. The van der Waals surface area contributed by atoms with Crippen LogP contribution in [0.15, 0.2) is 54.6 Å². The number of carboxylic acid groups (broad SMARTS) is 2. The summed E-state index contributed by atoms with van der Waals surface area (Å²) < 4.78 is 0. The zero-order valence-corrected chi connectivity index (χ0v) is 13.4. The predicted octanol–water partition coefficient (Wildman–Crippen LogP) is -1.07. The highest BCUT2D eigenvalue weighted by molar-refractivity contribution is 6.09. The fourth-order valence-corrected chi connectivity index (χ4v) is 2.17. The number of para-hydroxylation sites is 1. The maximum atomic E-state index is 12.3. The molecule has 2 aromatic carbocycles. The molecule has 0 spiro atoms. The van der Waals surface area contributed by atoms with Gasteiger partial charge in [0, 0.05) is 18.0 Å². The first-order valence-corrected chi connectivity index (χ1v) is 7.55. The molecule has 0 bridgehead atoms. The molecule has 0 saturated heterocycles. The van der Waals surface area contributed by atoms with Crippen molar-refractivity contribution in [2.24, 2.45) is 0 Å². The number of aliphatic carboxylic acids is 2. The third-order valence-corrected chi connectivity index (χ3v) is 3.42. The van der Waals surface area contributed by atoms with Crippen molar-refractivity contribution in [2.75, 3.05) is 5.32 Å². The van der Waals surface area contributed by atoms with Gasteiger partial charge in [-0.1, -0.05) is 30.3 Å². The first-order chi connectivity index (χ1) is 12.4. The maximum Gasteiger partial charge on any atom is 0.255 e. The van der Waals surface area contributed by atoms with Gasteiger partial charge in [-0.2, -0.15) is 0 Å². The Bertz CT molecular complexity index is 835. The summed E-state index contributed by atoms with van der Waals surface area (Å²) in [5.74, 6) is -4.74. The first-order valence-electron chi connectivity index (χ1n) is 7.55. The largest absolute Gasteiger partial charge is 0.550 e. The van der Waals surface area contributed by atoms with E-state index in [4.69, 9.17) is 0 Å². The second-order valence-corrected chi connectivity index (χ2v) is 5.29. The van der Waals surface area contributed by atoms with Gasteiger partial charge in [-0.25, -0.2) is 0 Å². The van der Waals surface area contributed by atoms with E-state index >= 15 is 0 Å². The molecule has 2 aromatic rings. The molecule has 26 heavy (non-hydrogen) atoms. The predicted molar refractivity (Wildman–Crippen MR) is 86.7 cm³/mol. The SMILES string of the molecule is O=C([O-])C[C@@H](NC(=O)c1ccccc1NC(=O)c1ccccc1)C(=O)[O-]. The number of hydrogen-bond acceptors (Lipinski definition) is 6. The summed E-state index contributed by atoms with van der Waals surface area (Å²) in [7, 11) is 0. The van der Waals surface area contributed by atoms with Gasteiger partial charge in [0.15, 0.2) is 0 Å². The average molecular weight is 354 g/mol. The van der Waals surface area contributed by atoms with Crippen LogP contribution in [0.1, 0.15) is 27.1 Å². The number of benzene rings is 2.